The Bertz CT molecular complexity index is 586. The minimum absolute atomic E-state index is 0.0588. The summed E-state index contributed by atoms with van der Waals surface area (Å²) in [5.74, 6) is 0.713. The number of β-amino-alcohol motifs (C(OH)–C–C–N with tert-alkyl or cyclic N) is 1. The molecule has 2 N–H and O–H groups in total. The van der Waals surface area contributed by atoms with Crippen molar-refractivity contribution >= 4 is 11.5 Å². The Morgan fingerprint density at radius 1 is 1.48 bits per heavy atom. The Kier molecular flexibility index (Phi) is 6.14. The zero-order chi connectivity index (χ0) is 16.8. The Hall–Kier alpha value is -1.90. The molecule has 0 saturated carbocycles. The van der Waals surface area contributed by atoms with Crippen LogP contribution in [0, 0.1) is 17.2 Å². The van der Waals surface area contributed by atoms with Crippen molar-refractivity contribution in [3.8, 4) is 6.07 Å². The highest BCUT2D eigenvalue weighted by Gasteiger charge is 2.18. The molecule has 1 unspecified atom stereocenters. The van der Waals surface area contributed by atoms with Gasteiger partial charge >= 0.3 is 0 Å². The lowest BCUT2D eigenvalue weighted by Crippen LogP contribution is -2.40. The summed E-state index contributed by atoms with van der Waals surface area (Å²) in [4.78, 5) is 13.9. The minimum atomic E-state index is -0.506. The van der Waals surface area contributed by atoms with Crippen molar-refractivity contribution in [2.75, 3.05) is 31.5 Å². The van der Waals surface area contributed by atoms with Gasteiger partial charge in [-0.1, -0.05) is 6.92 Å². The van der Waals surface area contributed by atoms with Gasteiger partial charge in [0.2, 0.25) is 0 Å². The van der Waals surface area contributed by atoms with Crippen LogP contribution >= 0.6 is 0 Å². The number of nitrogens with one attached hydrogen (secondary N) is 1. The second-order valence-electron chi connectivity index (χ2n) is 6.45. The van der Waals surface area contributed by atoms with Gasteiger partial charge in [-0.25, -0.2) is 0 Å². The van der Waals surface area contributed by atoms with E-state index in [-0.39, 0.29) is 5.78 Å². The molecule has 1 aliphatic heterocycles. The molecule has 0 radical (unpaired) electrons. The fraction of sp³-hybridized carbons (Fsp3) is 0.556. The van der Waals surface area contributed by atoms with Crippen LogP contribution in [0.5, 0.6) is 0 Å². The molecule has 5 nitrogen and oxygen atoms in total. The smallest absolute Gasteiger partial charge is 0.161 e. The molecule has 1 saturated heterocycles. The number of nitriles is 1. The predicted molar refractivity (Wildman–Crippen MR) is 90.5 cm³/mol. The van der Waals surface area contributed by atoms with Gasteiger partial charge in [-0.15, -0.1) is 0 Å². The third-order valence-electron chi connectivity index (χ3n) is 4.40. The standard InChI is InChI=1S/C18H25N3O2/c1-13-5-7-21(8-6-13)12-16(23)11-20-18-9-15(10-19)3-4-17(18)14(2)22/h3-4,9,13,16,20,23H,5-8,11-12H2,1-2H3. The van der Waals surface area contributed by atoms with E-state index in [1.807, 2.05) is 0 Å². The lowest BCUT2D eigenvalue weighted by atomic mass is 9.99. The quantitative estimate of drug-likeness (QED) is 0.788. The number of aliphatic hydroxyl groups is 1. The SMILES string of the molecule is CC(=O)c1ccc(C#N)cc1NCC(O)CN1CCC(C)CC1. The maximum absolute atomic E-state index is 11.7. The molecule has 124 valence electrons. The first-order valence-corrected chi connectivity index (χ1v) is 8.19. The molecule has 1 atom stereocenters. The van der Waals surface area contributed by atoms with Crippen LogP contribution in [-0.2, 0) is 0 Å². The van der Waals surface area contributed by atoms with Crippen molar-refractivity contribution < 1.29 is 9.90 Å². The molecule has 1 aliphatic rings. The van der Waals surface area contributed by atoms with E-state index < -0.39 is 6.10 Å². The number of carbonyl (C=O) groups is 1. The molecular weight excluding hydrogens is 290 g/mol. The number of hydrogen-bond acceptors (Lipinski definition) is 5. The number of Topliss-reactive ketones (excluding diaryl/α,β-unsaturated/α-hetero) is 1. The lowest BCUT2D eigenvalue weighted by Gasteiger charge is -2.31. The van der Waals surface area contributed by atoms with E-state index in [0.717, 1.165) is 19.0 Å². The lowest BCUT2D eigenvalue weighted by molar-refractivity contribution is 0.0985. The molecule has 2 rings (SSSR count). The van der Waals surface area contributed by atoms with Gasteiger partial charge in [-0.3, -0.25) is 4.79 Å². The van der Waals surface area contributed by atoms with Crippen LogP contribution in [0.1, 0.15) is 42.6 Å². The van der Waals surface area contributed by atoms with Crippen LogP contribution in [0.4, 0.5) is 5.69 Å². The second kappa shape index (κ2) is 8.09. The first-order chi connectivity index (χ1) is 11.0. The summed E-state index contributed by atoms with van der Waals surface area (Å²) in [6.45, 7) is 6.81. The average molecular weight is 315 g/mol. The summed E-state index contributed by atoms with van der Waals surface area (Å²) in [6, 6.07) is 7.01. The number of rotatable bonds is 6. The van der Waals surface area contributed by atoms with E-state index in [4.69, 9.17) is 5.26 Å². The molecule has 0 aromatic heterocycles. The Labute approximate surface area is 137 Å². The molecule has 0 spiro atoms. The third-order valence-corrected chi connectivity index (χ3v) is 4.40. The Morgan fingerprint density at radius 2 is 2.17 bits per heavy atom. The van der Waals surface area contributed by atoms with Crippen molar-refractivity contribution in [2.45, 2.75) is 32.8 Å². The van der Waals surface area contributed by atoms with E-state index in [0.29, 0.717) is 29.9 Å². The average Bonchev–Trinajstić information content (AvgIpc) is 2.54. The highest BCUT2D eigenvalue weighted by atomic mass is 16.3. The Balaban J connectivity index is 1.92. The molecule has 23 heavy (non-hydrogen) atoms. The van der Waals surface area contributed by atoms with Crippen molar-refractivity contribution in [3.05, 3.63) is 29.3 Å². The first kappa shape index (κ1) is 17.5. The number of carbonyl (C=O) groups excluding carboxylic acids is 1. The highest BCUT2D eigenvalue weighted by molar-refractivity contribution is 5.99. The summed E-state index contributed by atoms with van der Waals surface area (Å²) in [5.41, 5.74) is 1.66. The van der Waals surface area contributed by atoms with Gasteiger partial charge in [-0.2, -0.15) is 5.26 Å². The van der Waals surface area contributed by atoms with Gasteiger partial charge in [0.05, 0.1) is 17.7 Å². The fourth-order valence-electron chi connectivity index (χ4n) is 2.90. The molecule has 1 heterocycles. The van der Waals surface area contributed by atoms with E-state index in [1.165, 1.54) is 19.8 Å². The number of piperidine rings is 1. The van der Waals surface area contributed by atoms with Gasteiger partial charge in [-0.05, 0) is 57.0 Å². The first-order valence-electron chi connectivity index (χ1n) is 8.19. The third kappa shape index (κ3) is 5.05. The zero-order valence-electron chi connectivity index (χ0n) is 13.9. The molecular formula is C18H25N3O2. The molecule has 1 aromatic carbocycles. The zero-order valence-corrected chi connectivity index (χ0v) is 13.9. The van der Waals surface area contributed by atoms with Crippen LogP contribution in [0.2, 0.25) is 0 Å². The van der Waals surface area contributed by atoms with Gasteiger partial charge in [0, 0.05) is 24.3 Å². The molecule has 0 aliphatic carbocycles. The van der Waals surface area contributed by atoms with Crippen LogP contribution < -0.4 is 5.32 Å². The number of aliphatic hydroxyl groups excluding tert-OH is 1. The minimum Gasteiger partial charge on any atom is -0.390 e. The van der Waals surface area contributed by atoms with Crippen LogP contribution in [0.15, 0.2) is 18.2 Å². The molecule has 1 aromatic rings. The second-order valence-corrected chi connectivity index (χ2v) is 6.45. The van der Waals surface area contributed by atoms with Gasteiger partial charge in [0.15, 0.2) is 5.78 Å². The maximum Gasteiger partial charge on any atom is 0.161 e. The van der Waals surface area contributed by atoms with Gasteiger partial charge in [0.25, 0.3) is 0 Å². The summed E-state index contributed by atoms with van der Waals surface area (Å²) in [7, 11) is 0. The summed E-state index contributed by atoms with van der Waals surface area (Å²) >= 11 is 0. The van der Waals surface area contributed by atoms with Crippen LogP contribution in [0.25, 0.3) is 0 Å². The maximum atomic E-state index is 11.7. The van der Waals surface area contributed by atoms with E-state index in [9.17, 15) is 9.90 Å². The number of benzene rings is 1. The predicted octanol–water partition coefficient (Wildman–Crippen LogP) is 2.27. The van der Waals surface area contributed by atoms with E-state index in [1.54, 1.807) is 18.2 Å². The summed E-state index contributed by atoms with van der Waals surface area (Å²) in [5, 5.41) is 22.3. The van der Waals surface area contributed by atoms with E-state index in [2.05, 4.69) is 23.2 Å². The number of ketones is 1. The van der Waals surface area contributed by atoms with Gasteiger partial charge in [0.1, 0.15) is 0 Å². The van der Waals surface area contributed by atoms with Crippen molar-refractivity contribution in [1.29, 1.82) is 5.26 Å². The highest BCUT2D eigenvalue weighted by Crippen LogP contribution is 2.19. The fourth-order valence-corrected chi connectivity index (χ4v) is 2.90. The normalized spacial score (nSPS) is 17.5. The van der Waals surface area contributed by atoms with E-state index >= 15 is 0 Å². The largest absolute Gasteiger partial charge is 0.390 e. The number of hydrogen-bond donors (Lipinski definition) is 2. The van der Waals surface area contributed by atoms with Crippen LogP contribution in [-0.4, -0.2) is 48.1 Å². The van der Waals surface area contributed by atoms with Gasteiger partial charge < -0.3 is 15.3 Å². The molecule has 1 fully saturated rings. The van der Waals surface area contributed by atoms with Crippen molar-refractivity contribution in [3.63, 3.8) is 0 Å². The molecule has 0 bridgehead atoms. The number of anilines is 1. The monoisotopic (exact) mass is 315 g/mol. The summed E-state index contributed by atoms with van der Waals surface area (Å²) in [6.07, 6.45) is 1.85. The van der Waals surface area contributed by atoms with Crippen LogP contribution in [0.3, 0.4) is 0 Å². The molecule has 5 heteroatoms. The summed E-state index contributed by atoms with van der Waals surface area (Å²) < 4.78 is 0. The number of likely N-dealkylation sites (tertiary alicyclic amines) is 1. The number of nitrogens with zero attached hydrogens (tertiary/aromatic N) is 2. The topological polar surface area (TPSA) is 76.4 Å². The van der Waals surface area contributed by atoms with Crippen molar-refractivity contribution in [1.82, 2.24) is 4.90 Å². The Morgan fingerprint density at radius 3 is 2.78 bits per heavy atom. The molecule has 0 amide bonds. The van der Waals surface area contributed by atoms with Crippen molar-refractivity contribution in [2.24, 2.45) is 5.92 Å².